The summed E-state index contributed by atoms with van der Waals surface area (Å²) in [5.74, 6) is 2.58. The van der Waals surface area contributed by atoms with Crippen molar-refractivity contribution in [3.63, 3.8) is 0 Å². The van der Waals surface area contributed by atoms with Gasteiger partial charge in [0, 0.05) is 23.4 Å². The Morgan fingerprint density at radius 2 is 1.28 bits per heavy atom. The molecule has 0 unspecified atom stereocenters. The van der Waals surface area contributed by atoms with Crippen LogP contribution in [0.3, 0.4) is 0 Å². The summed E-state index contributed by atoms with van der Waals surface area (Å²) in [5.41, 5.74) is 5.04. The minimum absolute atomic E-state index is 0.559. The Balaban J connectivity index is 1.38. The van der Waals surface area contributed by atoms with E-state index in [-0.39, 0.29) is 0 Å². The molecular formula is C34H54N2. The Morgan fingerprint density at radius 3 is 1.89 bits per heavy atom. The smallest absolute Gasteiger partial charge is 0.131 e. The van der Waals surface area contributed by atoms with Crippen molar-refractivity contribution in [2.24, 2.45) is 5.92 Å². The van der Waals surface area contributed by atoms with E-state index in [1.807, 2.05) is 0 Å². The number of hydrogen-bond acceptors (Lipinski definition) is 2. The van der Waals surface area contributed by atoms with Gasteiger partial charge < -0.3 is 0 Å². The zero-order chi connectivity index (χ0) is 25.4. The number of nitrogens with zero attached hydrogens (tertiary/aromatic N) is 2. The second kappa shape index (κ2) is 16.9. The number of rotatable bonds is 17. The molecule has 0 spiro atoms. The van der Waals surface area contributed by atoms with Gasteiger partial charge in [0.15, 0.2) is 0 Å². The van der Waals surface area contributed by atoms with Crippen molar-refractivity contribution >= 4 is 0 Å². The Hall–Kier alpha value is -1.70. The monoisotopic (exact) mass is 490 g/mol. The maximum atomic E-state index is 4.99. The third-order valence-electron chi connectivity index (χ3n) is 8.51. The zero-order valence-corrected chi connectivity index (χ0v) is 23.9. The Kier molecular flexibility index (Phi) is 13.6. The minimum Gasteiger partial charge on any atom is -0.240 e. The third kappa shape index (κ3) is 9.98. The first-order chi connectivity index (χ1) is 17.7. The fourth-order valence-corrected chi connectivity index (χ4v) is 6.03. The van der Waals surface area contributed by atoms with Gasteiger partial charge in [-0.05, 0) is 62.5 Å². The molecule has 200 valence electrons. The maximum absolute atomic E-state index is 4.99. The van der Waals surface area contributed by atoms with Crippen LogP contribution in [0.5, 0.6) is 0 Å². The van der Waals surface area contributed by atoms with Crippen molar-refractivity contribution in [3.05, 3.63) is 47.5 Å². The standard InChI is InChI=1S/C34H54N2/c1-4-6-8-9-10-11-12-13-14-16-18-30-19-23-31(24-20-30)33-27-35-34(36-28(33)3)32-25-21-29(22-26-32)17-15-7-5-2/h19-20,23-24,27,29,32H,4-18,21-22,25-26H2,1-3H3. The van der Waals surface area contributed by atoms with Crippen LogP contribution in [0.1, 0.15) is 152 Å². The van der Waals surface area contributed by atoms with Crippen LogP contribution in [0.15, 0.2) is 30.5 Å². The largest absolute Gasteiger partial charge is 0.240 e. The van der Waals surface area contributed by atoms with Gasteiger partial charge in [-0.1, -0.05) is 122 Å². The third-order valence-corrected chi connectivity index (χ3v) is 8.51. The molecule has 2 aromatic rings. The number of unbranched alkanes of at least 4 members (excludes halogenated alkanes) is 11. The summed E-state index contributed by atoms with van der Waals surface area (Å²) in [6.07, 6.45) is 28.1. The van der Waals surface area contributed by atoms with E-state index in [1.54, 1.807) is 0 Å². The molecule has 0 saturated heterocycles. The number of benzene rings is 1. The molecule has 0 aliphatic heterocycles. The lowest BCUT2D eigenvalue weighted by Crippen LogP contribution is -2.16. The molecule has 1 heterocycles. The van der Waals surface area contributed by atoms with E-state index in [1.165, 1.54) is 139 Å². The van der Waals surface area contributed by atoms with E-state index >= 15 is 0 Å². The van der Waals surface area contributed by atoms with E-state index in [9.17, 15) is 0 Å². The van der Waals surface area contributed by atoms with Crippen molar-refractivity contribution in [2.45, 2.75) is 149 Å². The van der Waals surface area contributed by atoms with E-state index < -0.39 is 0 Å². The maximum Gasteiger partial charge on any atom is 0.131 e. The van der Waals surface area contributed by atoms with E-state index in [0.717, 1.165) is 17.4 Å². The first-order valence-electron chi connectivity index (χ1n) is 15.6. The first kappa shape index (κ1) is 28.9. The molecule has 3 rings (SSSR count). The molecule has 1 aromatic carbocycles. The summed E-state index contributed by atoms with van der Waals surface area (Å²) in [4.78, 5) is 9.85. The Bertz CT molecular complexity index is 833. The fourth-order valence-electron chi connectivity index (χ4n) is 6.03. The van der Waals surface area contributed by atoms with Crippen LogP contribution in [0.2, 0.25) is 0 Å². The predicted octanol–water partition coefficient (Wildman–Crippen LogP) is 10.8. The molecule has 1 saturated carbocycles. The minimum atomic E-state index is 0.559. The van der Waals surface area contributed by atoms with E-state index in [2.05, 4.69) is 51.2 Å². The van der Waals surface area contributed by atoms with Crippen LogP contribution >= 0.6 is 0 Å². The van der Waals surface area contributed by atoms with Crippen molar-refractivity contribution in [1.29, 1.82) is 0 Å². The average molecular weight is 491 g/mol. The van der Waals surface area contributed by atoms with Gasteiger partial charge in [0.05, 0.1) is 0 Å². The molecule has 36 heavy (non-hydrogen) atoms. The van der Waals surface area contributed by atoms with Crippen molar-refractivity contribution in [2.75, 3.05) is 0 Å². The summed E-state index contributed by atoms with van der Waals surface area (Å²) >= 11 is 0. The molecule has 1 fully saturated rings. The van der Waals surface area contributed by atoms with Gasteiger partial charge in [0.25, 0.3) is 0 Å². The molecule has 0 radical (unpaired) electrons. The van der Waals surface area contributed by atoms with Crippen LogP contribution in [-0.4, -0.2) is 9.97 Å². The summed E-state index contributed by atoms with van der Waals surface area (Å²) in [6.45, 7) is 6.75. The van der Waals surface area contributed by atoms with Crippen molar-refractivity contribution in [1.82, 2.24) is 9.97 Å². The Labute approximate surface area is 223 Å². The fraction of sp³-hybridized carbons (Fsp3) is 0.706. The second-order valence-corrected chi connectivity index (χ2v) is 11.6. The van der Waals surface area contributed by atoms with Crippen LogP contribution in [0.4, 0.5) is 0 Å². The van der Waals surface area contributed by atoms with Crippen molar-refractivity contribution < 1.29 is 0 Å². The van der Waals surface area contributed by atoms with E-state index in [4.69, 9.17) is 9.97 Å². The van der Waals surface area contributed by atoms with Gasteiger partial charge in [-0.2, -0.15) is 0 Å². The summed E-state index contributed by atoms with van der Waals surface area (Å²) in [7, 11) is 0. The number of aromatic nitrogens is 2. The molecule has 0 atom stereocenters. The average Bonchev–Trinajstić information content (AvgIpc) is 2.91. The summed E-state index contributed by atoms with van der Waals surface area (Å²) < 4.78 is 0. The highest BCUT2D eigenvalue weighted by Crippen LogP contribution is 2.37. The lowest BCUT2D eigenvalue weighted by molar-refractivity contribution is 0.297. The van der Waals surface area contributed by atoms with Gasteiger partial charge in [0.2, 0.25) is 0 Å². The molecule has 1 aliphatic carbocycles. The predicted molar refractivity (Wildman–Crippen MR) is 157 cm³/mol. The second-order valence-electron chi connectivity index (χ2n) is 11.6. The van der Waals surface area contributed by atoms with Crippen LogP contribution in [0.25, 0.3) is 11.1 Å². The normalized spacial score (nSPS) is 18.0. The van der Waals surface area contributed by atoms with E-state index in [0.29, 0.717) is 5.92 Å². The molecule has 2 heteroatoms. The molecule has 0 N–H and O–H groups in total. The van der Waals surface area contributed by atoms with Crippen molar-refractivity contribution in [3.8, 4) is 11.1 Å². The summed E-state index contributed by atoms with van der Waals surface area (Å²) in [6, 6.07) is 9.18. The van der Waals surface area contributed by atoms with Gasteiger partial charge >= 0.3 is 0 Å². The SMILES string of the molecule is CCCCCCCCCCCCc1ccc(-c2cnc(C3CCC(CCCCC)CC3)nc2C)cc1. The zero-order valence-electron chi connectivity index (χ0n) is 23.9. The topological polar surface area (TPSA) is 25.8 Å². The molecule has 1 aliphatic rings. The van der Waals surface area contributed by atoms with Crippen LogP contribution in [-0.2, 0) is 6.42 Å². The highest BCUT2D eigenvalue weighted by molar-refractivity contribution is 5.65. The molecule has 0 bridgehead atoms. The molecule has 2 nitrogen and oxygen atoms in total. The summed E-state index contributed by atoms with van der Waals surface area (Å²) in [5, 5.41) is 0. The van der Waals surface area contributed by atoms with Gasteiger partial charge in [-0.3, -0.25) is 0 Å². The number of hydrogen-bond donors (Lipinski definition) is 0. The quantitative estimate of drug-likeness (QED) is 0.206. The highest BCUT2D eigenvalue weighted by atomic mass is 14.9. The van der Waals surface area contributed by atoms with Gasteiger partial charge in [0.1, 0.15) is 5.82 Å². The molecular weight excluding hydrogens is 436 g/mol. The Morgan fingerprint density at radius 1 is 0.694 bits per heavy atom. The number of aryl methyl sites for hydroxylation is 2. The first-order valence-corrected chi connectivity index (χ1v) is 15.6. The van der Waals surface area contributed by atoms with Gasteiger partial charge in [-0.15, -0.1) is 0 Å². The van der Waals surface area contributed by atoms with Gasteiger partial charge in [-0.25, -0.2) is 9.97 Å². The molecule has 1 aromatic heterocycles. The highest BCUT2D eigenvalue weighted by Gasteiger charge is 2.24. The lowest BCUT2D eigenvalue weighted by Gasteiger charge is -2.28. The van der Waals surface area contributed by atoms with Crippen LogP contribution < -0.4 is 0 Å². The van der Waals surface area contributed by atoms with Crippen LogP contribution in [0, 0.1) is 12.8 Å². The molecule has 0 amide bonds. The lowest BCUT2D eigenvalue weighted by atomic mass is 9.79.